The van der Waals surface area contributed by atoms with Gasteiger partial charge in [-0.1, -0.05) is 41.9 Å². The molecule has 0 atom stereocenters. The molecule has 1 nitrogen and oxygen atoms in total. The second-order valence-electron chi connectivity index (χ2n) is 3.09. The maximum absolute atomic E-state index is 5.80. The Balaban J connectivity index is 1.99. The second-order valence-corrected chi connectivity index (χ2v) is 4.52. The number of thioether (sulfide) groups is 1. The zero-order valence-electron chi connectivity index (χ0n) is 8.06. The number of hydrogen-bond acceptors (Lipinski definition) is 2. The average Bonchev–Trinajstić information content (AvgIpc) is 2.28. The van der Waals surface area contributed by atoms with Crippen molar-refractivity contribution in [3.63, 3.8) is 0 Å². The van der Waals surface area contributed by atoms with Crippen LogP contribution in [-0.2, 0) is 5.75 Å². The summed E-state index contributed by atoms with van der Waals surface area (Å²) in [6.07, 6.45) is 1.73. The van der Waals surface area contributed by atoms with E-state index in [0.717, 1.165) is 10.6 Å². The van der Waals surface area contributed by atoms with Gasteiger partial charge in [-0.25, -0.2) is 4.98 Å². The molecule has 0 saturated heterocycles. The number of hydrogen-bond donors (Lipinski definition) is 0. The van der Waals surface area contributed by atoms with Crippen LogP contribution in [0.5, 0.6) is 0 Å². The first-order chi connectivity index (χ1) is 7.34. The van der Waals surface area contributed by atoms with Crippen LogP contribution in [0.15, 0.2) is 53.6 Å². The molecule has 0 saturated carbocycles. The third-order valence-electron chi connectivity index (χ3n) is 1.95. The molecular formula is C12H10ClNS. The van der Waals surface area contributed by atoms with E-state index in [2.05, 4.69) is 29.2 Å². The lowest BCUT2D eigenvalue weighted by Crippen LogP contribution is -1.80. The van der Waals surface area contributed by atoms with Crippen molar-refractivity contribution >= 4 is 23.4 Å². The maximum atomic E-state index is 5.80. The van der Waals surface area contributed by atoms with Gasteiger partial charge in [0, 0.05) is 16.8 Å². The molecule has 0 spiro atoms. The van der Waals surface area contributed by atoms with Gasteiger partial charge in [0.05, 0.1) is 0 Å². The number of aromatic nitrogens is 1. The number of benzene rings is 1. The standard InChI is InChI=1S/C12H10ClNS/c13-12-8-11(6-7-14-12)15-9-10-4-2-1-3-5-10/h1-8H,9H2. The van der Waals surface area contributed by atoms with Crippen LogP contribution < -0.4 is 0 Å². The molecule has 1 aromatic heterocycles. The molecule has 0 aliphatic carbocycles. The van der Waals surface area contributed by atoms with E-state index in [1.165, 1.54) is 5.56 Å². The van der Waals surface area contributed by atoms with Crippen LogP contribution in [0, 0.1) is 0 Å². The lowest BCUT2D eigenvalue weighted by molar-refractivity contribution is 1.26. The normalized spacial score (nSPS) is 10.2. The zero-order valence-corrected chi connectivity index (χ0v) is 9.63. The van der Waals surface area contributed by atoms with E-state index >= 15 is 0 Å². The summed E-state index contributed by atoms with van der Waals surface area (Å²) >= 11 is 7.57. The van der Waals surface area contributed by atoms with Gasteiger partial charge in [0.15, 0.2) is 0 Å². The molecule has 0 aliphatic rings. The molecule has 0 radical (unpaired) electrons. The van der Waals surface area contributed by atoms with E-state index in [9.17, 15) is 0 Å². The maximum Gasteiger partial charge on any atom is 0.130 e. The first-order valence-corrected chi connectivity index (χ1v) is 5.99. The Morgan fingerprint density at radius 3 is 2.67 bits per heavy atom. The van der Waals surface area contributed by atoms with E-state index in [1.807, 2.05) is 18.2 Å². The summed E-state index contributed by atoms with van der Waals surface area (Å²) in [5, 5.41) is 0.549. The molecule has 0 amide bonds. The summed E-state index contributed by atoms with van der Waals surface area (Å²) in [6, 6.07) is 14.2. The SMILES string of the molecule is Clc1cc(SCc2ccccc2)ccn1. The van der Waals surface area contributed by atoms with Crippen LogP contribution in [-0.4, -0.2) is 4.98 Å². The smallest absolute Gasteiger partial charge is 0.130 e. The molecule has 76 valence electrons. The minimum atomic E-state index is 0.549. The van der Waals surface area contributed by atoms with E-state index in [4.69, 9.17) is 11.6 Å². The van der Waals surface area contributed by atoms with Gasteiger partial charge in [0.25, 0.3) is 0 Å². The second kappa shape index (κ2) is 5.19. The molecule has 1 heterocycles. The van der Waals surface area contributed by atoms with Crippen molar-refractivity contribution in [3.05, 3.63) is 59.4 Å². The Hall–Kier alpha value is -0.990. The molecule has 2 aromatic rings. The third kappa shape index (κ3) is 3.26. The minimum Gasteiger partial charge on any atom is -0.244 e. The fourth-order valence-corrected chi connectivity index (χ4v) is 2.33. The predicted molar refractivity (Wildman–Crippen MR) is 65.3 cm³/mol. The van der Waals surface area contributed by atoms with Crippen molar-refractivity contribution in [3.8, 4) is 0 Å². The quantitative estimate of drug-likeness (QED) is 0.589. The molecule has 0 N–H and O–H groups in total. The van der Waals surface area contributed by atoms with Crippen molar-refractivity contribution in [1.82, 2.24) is 4.98 Å². The molecule has 0 unspecified atom stereocenters. The van der Waals surface area contributed by atoms with Gasteiger partial charge < -0.3 is 0 Å². The van der Waals surface area contributed by atoms with Crippen LogP contribution in [0.4, 0.5) is 0 Å². The molecule has 3 heteroatoms. The monoisotopic (exact) mass is 235 g/mol. The number of rotatable bonds is 3. The van der Waals surface area contributed by atoms with E-state index < -0.39 is 0 Å². The first kappa shape index (κ1) is 10.5. The lowest BCUT2D eigenvalue weighted by atomic mass is 10.2. The average molecular weight is 236 g/mol. The molecule has 2 rings (SSSR count). The van der Waals surface area contributed by atoms with Gasteiger partial charge in [-0.3, -0.25) is 0 Å². The molecular weight excluding hydrogens is 226 g/mol. The largest absolute Gasteiger partial charge is 0.244 e. The van der Waals surface area contributed by atoms with Crippen LogP contribution >= 0.6 is 23.4 Å². The fraction of sp³-hybridized carbons (Fsp3) is 0.0833. The summed E-state index contributed by atoms with van der Waals surface area (Å²) in [7, 11) is 0. The predicted octanol–water partition coefficient (Wildman–Crippen LogP) is 4.03. The molecule has 0 fully saturated rings. The summed E-state index contributed by atoms with van der Waals surface area (Å²) in [4.78, 5) is 5.10. The summed E-state index contributed by atoms with van der Waals surface area (Å²) in [5.74, 6) is 0.960. The van der Waals surface area contributed by atoms with Gasteiger partial charge in [0.2, 0.25) is 0 Å². The van der Waals surface area contributed by atoms with Crippen LogP contribution in [0.1, 0.15) is 5.56 Å². The highest BCUT2D eigenvalue weighted by atomic mass is 35.5. The Morgan fingerprint density at radius 1 is 1.13 bits per heavy atom. The number of halogens is 1. The molecule has 1 aromatic carbocycles. The third-order valence-corrected chi connectivity index (χ3v) is 3.22. The number of nitrogens with zero attached hydrogens (tertiary/aromatic N) is 1. The Labute approximate surface area is 98.5 Å². The zero-order chi connectivity index (χ0) is 10.5. The van der Waals surface area contributed by atoms with E-state index in [0.29, 0.717) is 5.15 Å². The highest BCUT2D eigenvalue weighted by molar-refractivity contribution is 7.98. The number of pyridine rings is 1. The van der Waals surface area contributed by atoms with Crippen LogP contribution in [0.25, 0.3) is 0 Å². The van der Waals surface area contributed by atoms with Crippen molar-refractivity contribution in [2.75, 3.05) is 0 Å². The summed E-state index contributed by atoms with van der Waals surface area (Å²) < 4.78 is 0. The highest BCUT2D eigenvalue weighted by Crippen LogP contribution is 2.23. The van der Waals surface area contributed by atoms with Crippen LogP contribution in [0.2, 0.25) is 5.15 Å². The summed E-state index contributed by atoms with van der Waals surface area (Å²) in [5.41, 5.74) is 1.32. The van der Waals surface area contributed by atoms with Crippen molar-refractivity contribution in [2.45, 2.75) is 10.6 Å². The van der Waals surface area contributed by atoms with E-state index in [-0.39, 0.29) is 0 Å². The van der Waals surface area contributed by atoms with Crippen LogP contribution in [0.3, 0.4) is 0 Å². The van der Waals surface area contributed by atoms with Gasteiger partial charge in [-0.2, -0.15) is 0 Å². The highest BCUT2D eigenvalue weighted by Gasteiger charge is 1.96. The van der Waals surface area contributed by atoms with Gasteiger partial charge >= 0.3 is 0 Å². The topological polar surface area (TPSA) is 12.9 Å². The molecule has 0 aliphatic heterocycles. The Kier molecular flexibility index (Phi) is 3.64. The van der Waals surface area contributed by atoms with Crippen molar-refractivity contribution < 1.29 is 0 Å². The Morgan fingerprint density at radius 2 is 1.93 bits per heavy atom. The molecule has 15 heavy (non-hydrogen) atoms. The van der Waals surface area contributed by atoms with Gasteiger partial charge in [0.1, 0.15) is 5.15 Å². The van der Waals surface area contributed by atoms with Gasteiger partial charge in [-0.05, 0) is 17.7 Å². The minimum absolute atomic E-state index is 0.549. The van der Waals surface area contributed by atoms with Crippen molar-refractivity contribution in [2.24, 2.45) is 0 Å². The van der Waals surface area contributed by atoms with Crippen molar-refractivity contribution in [1.29, 1.82) is 0 Å². The molecule has 0 bridgehead atoms. The lowest BCUT2D eigenvalue weighted by Gasteiger charge is -2.01. The first-order valence-electron chi connectivity index (χ1n) is 4.63. The van der Waals surface area contributed by atoms with E-state index in [1.54, 1.807) is 18.0 Å². The van der Waals surface area contributed by atoms with Gasteiger partial charge in [-0.15, -0.1) is 11.8 Å². The summed E-state index contributed by atoms with van der Waals surface area (Å²) in [6.45, 7) is 0. The Bertz CT molecular complexity index is 431. The fourth-order valence-electron chi connectivity index (χ4n) is 1.22.